The highest BCUT2D eigenvalue weighted by molar-refractivity contribution is 7.15. The third-order valence-electron chi connectivity index (χ3n) is 4.42. The van der Waals surface area contributed by atoms with Crippen LogP contribution in [-0.2, 0) is 11.3 Å². The van der Waals surface area contributed by atoms with Gasteiger partial charge in [-0.25, -0.2) is 4.79 Å². The number of amides is 1. The number of carbonyl (C=O) groups excluding carboxylic acids is 1. The van der Waals surface area contributed by atoms with Crippen LogP contribution in [0.4, 0.5) is 0 Å². The molecule has 1 aromatic carbocycles. The molecule has 1 fully saturated rings. The molecule has 0 saturated carbocycles. The Hall–Kier alpha value is -2.38. The Morgan fingerprint density at radius 3 is 2.50 bits per heavy atom. The van der Waals surface area contributed by atoms with Gasteiger partial charge in [0.2, 0.25) is 0 Å². The minimum Gasteiger partial charge on any atom is -0.496 e. The summed E-state index contributed by atoms with van der Waals surface area (Å²) in [6.45, 7) is 1.70. The van der Waals surface area contributed by atoms with Crippen molar-refractivity contribution < 1.29 is 24.2 Å². The number of benzene rings is 1. The van der Waals surface area contributed by atoms with Gasteiger partial charge in [0.05, 0.1) is 24.7 Å². The molecule has 26 heavy (non-hydrogen) atoms. The number of likely N-dealkylation sites (tertiary alicyclic amines) is 1. The molecule has 7 heteroatoms. The Morgan fingerprint density at radius 2 is 1.85 bits per heavy atom. The summed E-state index contributed by atoms with van der Waals surface area (Å²) in [5, 5.41) is 8.98. The lowest BCUT2D eigenvalue weighted by Gasteiger charge is -2.31. The lowest BCUT2D eigenvalue weighted by atomic mass is 10.1. The van der Waals surface area contributed by atoms with Gasteiger partial charge in [-0.2, -0.15) is 0 Å². The number of nitrogens with zero attached hydrogens (tertiary/aromatic N) is 1. The SMILES string of the molecule is COc1ccccc1COC1CCN(C(=O)c2ccc(C(=O)O)s2)CC1. The highest BCUT2D eigenvalue weighted by atomic mass is 32.1. The number of ether oxygens (including phenoxy) is 2. The number of rotatable bonds is 6. The second-order valence-electron chi connectivity index (χ2n) is 6.08. The molecule has 0 spiro atoms. The van der Waals surface area contributed by atoms with E-state index in [1.54, 1.807) is 18.1 Å². The molecule has 0 atom stereocenters. The van der Waals surface area contributed by atoms with Crippen LogP contribution in [0, 0.1) is 0 Å². The minimum atomic E-state index is -1.00. The number of carboxylic acids is 1. The topological polar surface area (TPSA) is 76.1 Å². The second kappa shape index (κ2) is 8.33. The number of methoxy groups -OCH3 is 1. The number of aromatic carboxylic acids is 1. The fourth-order valence-corrected chi connectivity index (χ4v) is 3.79. The number of thiophene rings is 1. The maximum absolute atomic E-state index is 12.5. The number of piperidine rings is 1. The third-order valence-corrected chi connectivity index (χ3v) is 5.49. The quantitative estimate of drug-likeness (QED) is 0.839. The normalized spacial score (nSPS) is 15.0. The van der Waals surface area contributed by atoms with Crippen molar-refractivity contribution >= 4 is 23.2 Å². The van der Waals surface area contributed by atoms with E-state index in [-0.39, 0.29) is 16.9 Å². The molecule has 0 aliphatic carbocycles. The maximum Gasteiger partial charge on any atom is 0.345 e. The molecule has 1 amide bonds. The zero-order chi connectivity index (χ0) is 18.5. The standard InChI is InChI=1S/C19H21NO5S/c1-24-15-5-3-2-4-13(15)12-25-14-8-10-20(11-9-14)18(21)16-6-7-17(26-16)19(22)23/h2-7,14H,8-12H2,1H3,(H,22,23). The summed E-state index contributed by atoms with van der Waals surface area (Å²) in [5.74, 6) is -0.296. The first-order valence-corrected chi connectivity index (χ1v) is 9.26. The molecule has 0 unspecified atom stereocenters. The van der Waals surface area contributed by atoms with E-state index in [2.05, 4.69) is 0 Å². The zero-order valence-electron chi connectivity index (χ0n) is 14.5. The Bertz CT molecular complexity index is 780. The maximum atomic E-state index is 12.5. The minimum absolute atomic E-state index is 0.0990. The number of para-hydroxylation sites is 1. The van der Waals surface area contributed by atoms with E-state index < -0.39 is 5.97 Å². The molecule has 0 bridgehead atoms. The van der Waals surface area contributed by atoms with Crippen molar-refractivity contribution in [2.75, 3.05) is 20.2 Å². The number of carbonyl (C=O) groups is 2. The van der Waals surface area contributed by atoms with Gasteiger partial charge in [0.1, 0.15) is 10.6 Å². The van der Waals surface area contributed by atoms with Crippen molar-refractivity contribution in [3.8, 4) is 5.75 Å². The molecule has 1 aliphatic heterocycles. The molecule has 6 nitrogen and oxygen atoms in total. The lowest BCUT2D eigenvalue weighted by molar-refractivity contribution is -0.000856. The molecule has 138 valence electrons. The van der Waals surface area contributed by atoms with Crippen molar-refractivity contribution in [3.05, 3.63) is 51.7 Å². The largest absolute Gasteiger partial charge is 0.496 e. The summed E-state index contributed by atoms with van der Waals surface area (Å²) in [6.07, 6.45) is 1.62. The summed E-state index contributed by atoms with van der Waals surface area (Å²) < 4.78 is 11.3. The van der Waals surface area contributed by atoms with E-state index in [9.17, 15) is 9.59 Å². The fourth-order valence-electron chi connectivity index (χ4n) is 2.98. The number of hydrogen-bond donors (Lipinski definition) is 1. The van der Waals surface area contributed by atoms with Crippen LogP contribution in [-0.4, -0.2) is 48.2 Å². The summed E-state index contributed by atoms with van der Waals surface area (Å²) in [5.41, 5.74) is 1.01. The van der Waals surface area contributed by atoms with E-state index >= 15 is 0 Å². The van der Waals surface area contributed by atoms with Gasteiger partial charge < -0.3 is 19.5 Å². The second-order valence-corrected chi connectivity index (χ2v) is 7.17. The third kappa shape index (κ3) is 4.23. The molecule has 1 N–H and O–H groups in total. The first-order valence-electron chi connectivity index (χ1n) is 8.44. The van der Waals surface area contributed by atoms with Crippen LogP contribution < -0.4 is 4.74 Å². The summed E-state index contributed by atoms with van der Waals surface area (Å²) >= 11 is 1.02. The molecular weight excluding hydrogens is 354 g/mol. The van der Waals surface area contributed by atoms with E-state index in [1.165, 1.54) is 6.07 Å². The molecule has 2 heterocycles. The Kier molecular flexibility index (Phi) is 5.90. The van der Waals surface area contributed by atoms with Gasteiger partial charge in [-0.3, -0.25) is 4.79 Å². The van der Waals surface area contributed by atoms with Crippen LogP contribution in [0.2, 0.25) is 0 Å². The van der Waals surface area contributed by atoms with Crippen LogP contribution >= 0.6 is 11.3 Å². The zero-order valence-corrected chi connectivity index (χ0v) is 15.3. The Labute approximate surface area is 156 Å². The van der Waals surface area contributed by atoms with Gasteiger partial charge in [0.15, 0.2) is 0 Å². The van der Waals surface area contributed by atoms with Gasteiger partial charge in [-0.1, -0.05) is 18.2 Å². The molecule has 1 saturated heterocycles. The van der Waals surface area contributed by atoms with Crippen molar-refractivity contribution in [1.29, 1.82) is 0 Å². The van der Waals surface area contributed by atoms with Gasteiger partial charge >= 0.3 is 5.97 Å². The predicted molar refractivity (Wildman–Crippen MR) is 98.0 cm³/mol. The number of hydrogen-bond acceptors (Lipinski definition) is 5. The van der Waals surface area contributed by atoms with Crippen molar-refractivity contribution in [1.82, 2.24) is 4.90 Å². The van der Waals surface area contributed by atoms with Crippen LogP contribution in [0.3, 0.4) is 0 Å². The Balaban J connectivity index is 1.50. The molecule has 2 aromatic rings. The molecule has 1 aromatic heterocycles. The highest BCUT2D eigenvalue weighted by Gasteiger charge is 2.25. The van der Waals surface area contributed by atoms with Crippen LogP contribution in [0.5, 0.6) is 5.75 Å². The van der Waals surface area contributed by atoms with Crippen LogP contribution in [0.15, 0.2) is 36.4 Å². The first kappa shape index (κ1) is 18.4. The van der Waals surface area contributed by atoms with Gasteiger partial charge in [0, 0.05) is 18.7 Å². The monoisotopic (exact) mass is 375 g/mol. The van der Waals surface area contributed by atoms with Crippen LogP contribution in [0.25, 0.3) is 0 Å². The first-order chi connectivity index (χ1) is 12.6. The molecular formula is C19H21NO5S. The number of carboxylic acid groups (broad SMARTS) is 1. The van der Waals surface area contributed by atoms with E-state index in [1.807, 2.05) is 24.3 Å². The molecule has 1 aliphatic rings. The van der Waals surface area contributed by atoms with Gasteiger partial charge in [0.25, 0.3) is 5.91 Å². The van der Waals surface area contributed by atoms with Crippen LogP contribution in [0.1, 0.15) is 37.7 Å². The van der Waals surface area contributed by atoms with Crippen molar-refractivity contribution in [2.24, 2.45) is 0 Å². The predicted octanol–water partition coefficient (Wildman–Crippen LogP) is 3.28. The summed E-state index contributed by atoms with van der Waals surface area (Å²) in [4.78, 5) is 25.9. The summed E-state index contributed by atoms with van der Waals surface area (Å²) in [6, 6.07) is 10.8. The lowest BCUT2D eigenvalue weighted by Crippen LogP contribution is -2.40. The van der Waals surface area contributed by atoms with E-state index in [0.717, 1.165) is 35.5 Å². The average Bonchev–Trinajstić information content (AvgIpc) is 3.17. The van der Waals surface area contributed by atoms with Crippen molar-refractivity contribution in [2.45, 2.75) is 25.6 Å². The molecule has 3 rings (SSSR count). The molecule has 0 radical (unpaired) electrons. The average molecular weight is 375 g/mol. The highest BCUT2D eigenvalue weighted by Crippen LogP contribution is 2.24. The smallest absolute Gasteiger partial charge is 0.345 e. The van der Waals surface area contributed by atoms with E-state index in [0.29, 0.717) is 24.6 Å². The Morgan fingerprint density at radius 1 is 1.15 bits per heavy atom. The van der Waals surface area contributed by atoms with Gasteiger partial charge in [-0.05, 0) is 31.0 Å². The summed E-state index contributed by atoms with van der Waals surface area (Å²) in [7, 11) is 1.64. The van der Waals surface area contributed by atoms with Crippen molar-refractivity contribution in [3.63, 3.8) is 0 Å². The van der Waals surface area contributed by atoms with E-state index in [4.69, 9.17) is 14.6 Å². The van der Waals surface area contributed by atoms with Gasteiger partial charge in [-0.15, -0.1) is 11.3 Å². The fraction of sp³-hybridized carbons (Fsp3) is 0.368.